The lowest BCUT2D eigenvalue weighted by Gasteiger charge is -2.21. The first-order chi connectivity index (χ1) is 9.46. The molecule has 0 aliphatic rings. The first-order valence-electron chi connectivity index (χ1n) is 6.29. The molecule has 0 aliphatic carbocycles. The van der Waals surface area contributed by atoms with Crippen LogP contribution in [0.2, 0.25) is 0 Å². The molecule has 0 radical (unpaired) electrons. The number of aryl methyl sites for hydroxylation is 1. The Bertz CT molecular complexity index is 694. The summed E-state index contributed by atoms with van der Waals surface area (Å²) in [5.41, 5.74) is 2.48. The van der Waals surface area contributed by atoms with Crippen molar-refractivity contribution < 1.29 is 8.42 Å². The van der Waals surface area contributed by atoms with Gasteiger partial charge in [-0.15, -0.1) is 0 Å². The molecule has 5 heteroatoms. The van der Waals surface area contributed by atoms with Crippen molar-refractivity contribution in [3.05, 3.63) is 54.1 Å². The average molecular weight is 290 g/mol. The Balaban J connectivity index is 2.41. The number of rotatable bonds is 4. The van der Waals surface area contributed by atoms with Gasteiger partial charge in [0.05, 0.1) is 10.6 Å². The lowest BCUT2D eigenvalue weighted by molar-refractivity contribution is 0.594. The summed E-state index contributed by atoms with van der Waals surface area (Å²) in [4.78, 5) is 0.280. The summed E-state index contributed by atoms with van der Waals surface area (Å²) in [6.07, 6.45) is 0. The number of nitrogens with one attached hydrogen (secondary N) is 1. The molecule has 0 fully saturated rings. The van der Waals surface area contributed by atoms with Crippen LogP contribution in [0, 0.1) is 6.92 Å². The van der Waals surface area contributed by atoms with Gasteiger partial charge in [-0.2, -0.15) is 0 Å². The molecule has 0 aromatic heterocycles. The maximum Gasteiger partial charge on any atom is 0.264 e. The van der Waals surface area contributed by atoms with E-state index in [9.17, 15) is 8.42 Å². The van der Waals surface area contributed by atoms with E-state index in [0.717, 1.165) is 11.3 Å². The van der Waals surface area contributed by atoms with Gasteiger partial charge in [-0.25, -0.2) is 8.42 Å². The third-order valence-corrected chi connectivity index (χ3v) is 5.04. The third-order valence-electron chi connectivity index (χ3n) is 3.26. The van der Waals surface area contributed by atoms with E-state index in [1.165, 1.54) is 4.31 Å². The van der Waals surface area contributed by atoms with E-state index in [-0.39, 0.29) is 4.90 Å². The Morgan fingerprint density at radius 2 is 1.60 bits per heavy atom. The van der Waals surface area contributed by atoms with E-state index in [0.29, 0.717) is 5.69 Å². The molecule has 0 unspecified atom stereocenters. The molecule has 106 valence electrons. The normalized spacial score (nSPS) is 11.2. The summed E-state index contributed by atoms with van der Waals surface area (Å²) >= 11 is 0. The number of para-hydroxylation sites is 1. The number of hydrogen-bond acceptors (Lipinski definition) is 3. The summed E-state index contributed by atoms with van der Waals surface area (Å²) in [6.45, 7) is 1.89. The Hall–Kier alpha value is -2.01. The highest BCUT2D eigenvalue weighted by molar-refractivity contribution is 7.92. The van der Waals surface area contributed by atoms with E-state index in [1.807, 2.05) is 25.1 Å². The molecule has 0 saturated heterocycles. The Labute approximate surface area is 120 Å². The van der Waals surface area contributed by atoms with Gasteiger partial charge < -0.3 is 5.32 Å². The van der Waals surface area contributed by atoms with Gasteiger partial charge in [0.1, 0.15) is 0 Å². The molecule has 0 heterocycles. The van der Waals surface area contributed by atoms with Gasteiger partial charge in [0.25, 0.3) is 10.0 Å². The quantitative estimate of drug-likeness (QED) is 0.942. The first kappa shape index (κ1) is 14.4. The average Bonchev–Trinajstić information content (AvgIpc) is 2.47. The second kappa shape index (κ2) is 5.54. The molecule has 0 aliphatic heterocycles. The van der Waals surface area contributed by atoms with Crippen LogP contribution in [0.25, 0.3) is 0 Å². The largest absolute Gasteiger partial charge is 0.388 e. The number of anilines is 2. The second-order valence-corrected chi connectivity index (χ2v) is 6.50. The van der Waals surface area contributed by atoms with Gasteiger partial charge in [-0.3, -0.25) is 4.31 Å². The van der Waals surface area contributed by atoms with E-state index < -0.39 is 10.0 Å². The highest BCUT2D eigenvalue weighted by atomic mass is 32.2. The fourth-order valence-electron chi connectivity index (χ4n) is 2.00. The van der Waals surface area contributed by atoms with E-state index >= 15 is 0 Å². The molecule has 20 heavy (non-hydrogen) atoms. The minimum Gasteiger partial charge on any atom is -0.388 e. The predicted octanol–water partition coefficient (Wildman–Crippen LogP) is 2.86. The molecule has 0 atom stereocenters. The van der Waals surface area contributed by atoms with Gasteiger partial charge in [0.2, 0.25) is 0 Å². The molecular formula is C15H18N2O2S. The van der Waals surface area contributed by atoms with Crippen molar-refractivity contribution in [1.29, 1.82) is 0 Å². The topological polar surface area (TPSA) is 49.4 Å². The van der Waals surface area contributed by atoms with Crippen LogP contribution in [-0.2, 0) is 10.0 Å². The number of sulfonamides is 1. The van der Waals surface area contributed by atoms with Gasteiger partial charge in [-0.1, -0.05) is 18.2 Å². The third kappa shape index (κ3) is 2.63. The summed E-state index contributed by atoms with van der Waals surface area (Å²) < 4.78 is 26.5. The molecule has 4 nitrogen and oxygen atoms in total. The summed E-state index contributed by atoms with van der Waals surface area (Å²) in [5.74, 6) is 0. The van der Waals surface area contributed by atoms with Crippen LogP contribution >= 0.6 is 0 Å². The Kier molecular flexibility index (Phi) is 3.99. The van der Waals surface area contributed by atoms with Crippen LogP contribution in [-0.4, -0.2) is 22.5 Å². The molecule has 2 aromatic rings. The van der Waals surface area contributed by atoms with Crippen LogP contribution in [0.5, 0.6) is 0 Å². The van der Waals surface area contributed by atoms with Crippen molar-refractivity contribution in [1.82, 2.24) is 0 Å². The first-order valence-corrected chi connectivity index (χ1v) is 7.73. The maximum absolute atomic E-state index is 12.6. The minimum absolute atomic E-state index is 0.280. The van der Waals surface area contributed by atoms with Crippen molar-refractivity contribution >= 4 is 21.4 Å². The maximum atomic E-state index is 12.6. The molecule has 0 saturated carbocycles. The molecule has 0 spiro atoms. The van der Waals surface area contributed by atoms with Crippen LogP contribution in [0.3, 0.4) is 0 Å². The van der Waals surface area contributed by atoms with Crippen LogP contribution in [0.15, 0.2) is 53.4 Å². The highest BCUT2D eigenvalue weighted by Crippen LogP contribution is 2.25. The van der Waals surface area contributed by atoms with Gasteiger partial charge in [0.15, 0.2) is 0 Å². The molecule has 2 rings (SSSR count). The standard InChI is InChI=1S/C15H18N2O2S/c1-12-6-4-5-7-15(12)17(3)20(18,19)14-10-8-13(16-2)9-11-14/h4-11,16H,1-3H3. The number of nitrogens with zero attached hydrogens (tertiary/aromatic N) is 1. The predicted molar refractivity (Wildman–Crippen MR) is 82.8 cm³/mol. The zero-order valence-electron chi connectivity index (χ0n) is 11.8. The van der Waals surface area contributed by atoms with E-state index in [2.05, 4.69) is 5.32 Å². The van der Waals surface area contributed by atoms with E-state index in [4.69, 9.17) is 0 Å². The Morgan fingerprint density at radius 3 is 2.15 bits per heavy atom. The lowest BCUT2D eigenvalue weighted by atomic mass is 10.2. The zero-order valence-corrected chi connectivity index (χ0v) is 12.6. The van der Waals surface area contributed by atoms with Gasteiger partial charge in [-0.05, 0) is 42.8 Å². The minimum atomic E-state index is -3.53. The summed E-state index contributed by atoms with van der Waals surface area (Å²) in [6, 6.07) is 14.1. The number of benzene rings is 2. The molecule has 1 N–H and O–H groups in total. The highest BCUT2D eigenvalue weighted by Gasteiger charge is 2.21. The molecule has 0 amide bonds. The van der Waals surface area contributed by atoms with E-state index in [1.54, 1.807) is 44.4 Å². The van der Waals surface area contributed by atoms with Crippen molar-refractivity contribution in [2.75, 3.05) is 23.7 Å². The fraction of sp³-hybridized carbons (Fsp3) is 0.200. The summed E-state index contributed by atoms with van der Waals surface area (Å²) in [5, 5.41) is 2.97. The summed E-state index contributed by atoms with van der Waals surface area (Å²) in [7, 11) is -0.166. The van der Waals surface area contributed by atoms with Crippen molar-refractivity contribution in [2.24, 2.45) is 0 Å². The molecular weight excluding hydrogens is 272 g/mol. The monoisotopic (exact) mass is 290 g/mol. The lowest BCUT2D eigenvalue weighted by Crippen LogP contribution is -2.27. The number of hydrogen-bond donors (Lipinski definition) is 1. The van der Waals surface area contributed by atoms with Crippen molar-refractivity contribution in [2.45, 2.75) is 11.8 Å². The van der Waals surface area contributed by atoms with Crippen LogP contribution < -0.4 is 9.62 Å². The molecule has 2 aromatic carbocycles. The smallest absolute Gasteiger partial charge is 0.264 e. The van der Waals surface area contributed by atoms with Crippen molar-refractivity contribution in [3.63, 3.8) is 0 Å². The zero-order chi connectivity index (χ0) is 14.8. The van der Waals surface area contributed by atoms with Gasteiger partial charge >= 0.3 is 0 Å². The van der Waals surface area contributed by atoms with Gasteiger partial charge in [0, 0.05) is 19.8 Å². The van der Waals surface area contributed by atoms with Crippen LogP contribution in [0.1, 0.15) is 5.56 Å². The second-order valence-electron chi connectivity index (χ2n) is 4.53. The SMILES string of the molecule is CNc1ccc(S(=O)(=O)N(C)c2ccccc2C)cc1. The van der Waals surface area contributed by atoms with Crippen molar-refractivity contribution in [3.8, 4) is 0 Å². The molecule has 0 bridgehead atoms. The fourth-order valence-corrected chi connectivity index (χ4v) is 3.26. The Morgan fingerprint density at radius 1 is 1.00 bits per heavy atom. The van der Waals surface area contributed by atoms with Crippen LogP contribution in [0.4, 0.5) is 11.4 Å².